The first-order chi connectivity index (χ1) is 12.9. The molecule has 160 valence electrons. The van der Waals surface area contributed by atoms with Gasteiger partial charge in [-0.2, -0.15) is 8.78 Å². The minimum atomic E-state index is -2.88. The molecular formula is C20H25Cl2F2N3O2. The zero-order valence-electron chi connectivity index (χ0n) is 15.9. The van der Waals surface area contributed by atoms with Gasteiger partial charge in [0.05, 0.1) is 5.69 Å². The van der Waals surface area contributed by atoms with Crippen LogP contribution in [0.5, 0.6) is 5.75 Å². The summed E-state index contributed by atoms with van der Waals surface area (Å²) in [7, 11) is 0. The van der Waals surface area contributed by atoms with Gasteiger partial charge in [-0.3, -0.25) is 4.79 Å². The van der Waals surface area contributed by atoms with Crippen LogP contribution in [-0.2, 0) is 4.79 Å². The van der Waals surface area contributed by atoms with E-state index in [1.54, 1.807) is 18.2 Å². The molecule has 1 aliphatic heterocycles. The van der Waals surface area contributed by atoms with E-state index in [4.69, 9.17) is 5.73 Å². The summed E-state index contributed by atoms with van der Waals surface area (Å²) in [5.74, 6) is -0.112. The number of nitrogens with two attached hydrogens (primary N) is 1. The van der Waals surface area contributed by atoms with Gasteiger partial charge in [-0.05, 0) is 31.0 Å². The standard InChI is InChI=1S/C20H23F2N3O2.2ClH/c1-13-6-8-14(9-7-13)18(23)19(26)24-15-10-11-25(12-15)16-4-2-3-5-17(16)27-20(21)22;;/h2-9,15,18,20H,10-12,23H2,1H3,(H,24,26);2*1H. The van der Waals surface area contributed by atoms with Crippen LogP contribution >= 0.6 is 24.8 Å². The summed E-state index contributed by atoms with van der Waals surface area (Å²) < 4.78 is 29.8. The van der Waals surface area contributed by atoms with Crippen LogP contribution in [0.3, 0.4) is 0 Å². The van der Waals surface area contributed by atoms with Crippen molar-refractivity contribution in [2.24, 2.45) is 5.73 Å². The highest BCUT2D eigenvalue weighted by molar-refractivity contribution is 5.85. The number of carbonyl (C=O) groups excluding carboxylic acids is 1. The van der Waals surface area contributed by atoms with Gasteiger partial charge in [0.2, 0.25) is 5.91 Å². The number of nitrogens with zero attached hydrogens (tertiary/aromatic N) is 1. The highest BCUT2D eigenvalue weighted by atomic mass is 35.5. The summed E-state index contributed by atoms with van der Waals surface area (Å²) in [6, 6.07) is 13.4. The molecule has 0 bridgehead atoms. The Balaban J connectivity index is 0.00000210. The number of benzene rings is 2. The average Bonchev–Trinajstić information content (AvgIpc) is 3.10. The summed E-state index contributed by atoms with van der Waals surface area (Å²) >= 11 is 0. The predicted octanol–water partition coefficient (Wildman–Crippen LogP) is 3.83. The minimum Gasteiger partial charge on any atom is -0.433 e. The Morgan fingerprint density at radius 3 is 2.48 bits per heavy atom. The van der Waals surface area contributed by atoms with Gasteiger partial charge in [0.1, 0.15) is 11.8 Å². The SMILES string of the molecule is Cc1ccc(C(N)C(=O)NC2CCN(c3ccccc3OC(F)F)C2)cc1.Cl.Cl. The number of hydrogen-bond acceptors (Lipinski definition) is 4. The summed E-state index contributed by atoms with van der Waals surface area (Å²) in [5.41, 5.74) is 8.51. The lowest BCUT2D eigenvalue weighted by atomic mass is 10.0. The van der Waals surface area contributed by atoms with Gasteiger partial charge in [-0.1, -0.05) is 42.0 Å². The Morgan fingerprint density at radius 2 is 1.83 bits per heavy atom. The molecular weight excluding hydrogens is 423 g/mol. The Morgan fingerprint density at radius 1 is 1.17 bits per heavy atom. The van der Waals surface area contributed by atoms with Crippen molar-refractivity contribution in [3.05, 3.63) is 59.7 Å². The molecule has 2 aromatic rings. The number of nitrogens with one attached hydrogen (secondary N) is 1. The number of rotatable bonds is 6. The number of alkyl halides is 2. The molecule has 1 amide bonds. The van der Waals surface area contributed by atoms with Crippen LogP contribution in [0.1, 0.15) is 23.6 Å². The van der Waals surface area contributed by atoms with Crippen molar-refractivity contribution >= 4 is 36.4 Å². The van der Waals surface area contributed by atoms with E-state index in [1.165, 1.54) is 6.07 Å². The van der Waals surface area contributed by atoms with Crippen molar-refractivity contribution in [1.29, 1.82) is 0 Å². The monoisotopic (exact) mass is 447 g/mol. The van der Waals surface area contributed by atoms with Gasteiger partial charge >= 0.3 is 6.61 Å². The molecule has 2 aromatic carbocycles. The Kier molecular flexibility index (Phi) is 9.62. The lowest BCUT2D eigenvalue weighted by molar-refractivity contribution is -0.123. The molecule has 29 heavy (non-hydrogen) atoms. The van der Waals surface area contributed by atoms with Gasteiger partial charge in [-0.25, -0.2) is 0 Å². The van der Waals surface area contributed by atoms with E-state index in [0.29, 0.717) is 25.2 Å². The quantitative estimate of drug-likeness (QED) is 0.705. The van der Waals surface area contributed by atoms with E-state index < -0.39 is 12.7 Å². The fourth-order valence-electron chi connectivity index (χ4n) is 3.23. The highest BCUT2D eigenvalue weighted by Gasteiger charge is 2.28. The van der Waals surface area contributed by atoms with Crippen molar-refractivity contribution in [1.82, 2.24) is 5.32 Å². The fourth-order valence-corrected chi connectivity index (χ4v) is 3.23. The molecule has 3 N–H and O–H groups in total. The second-order valence-corrected chi connectivity index (χ2v) is 6.67. The molecule has 2 unspecified atom stereocenters. The molecule has 0 aliphatic carbocycles. The number of anilines is 1. The first-order valence-electron chi connectivity index (χ1n) is 8.85. The summed E-state index contributed by atoms with van der Waals surface area (Å²) in [5, 5.41) is 2.96. The van der Waals surface area contributed by atoms with Crippen LogP contribution < -0.4 is 20.7 Å². The van der Waals surface area contributed by atoms with Gasteiger partial charge in [0.15, 0.2) is 0 Å². The Labute approximate surface area is 181 Å². The van der Waals surface area contributed by atoms with Crippen LogP contribution in [0.4, 0.5) is 14.5 Å². The van der Waals surface area contributed by atoms with Crippen LogP contribution in [0.25, 0.3) is 0 Å². The molecule has 1 fully saturated rings. The van der Waals surface area contributed by atoms with E-state index in [9.17, 15) is 13.6 Å². The summed E-state index contributed by atoms with van der Waals surface area (Å²) in [6.07, 6.45) is 0.704. The Bertz CT molecular complexity index is 794. The molecule has 1 saturated heterocycles. The molecule has 1 heterocycles. The van der Waals surface area contributed by atoms with Gasteiger partial charge in [0.25, 0.3) is 0 Å². The number of amides is 1. The van der Waals surface area contributed by atoms with E-state index in [-0.39, 0.29) is 42.5 Å². The number of carbonyl (C=O) groups is 1. The molecule has 0 saturated carbocycles. The number of hydrogen-bond donors (Lipinski definition) is 2. The van der Waals surface area contributed by atoms with Gasteiger partial charge in [-0.15, -0.1) is 24.8 Å². The van der Waals surface area contributed by atoms with Crippen LogP contribution in [0.2, 0.25) is 0 Å². The molecule has 0 radical (unpaired) electrons. The number of aryl methyl sites for hydroxylation is 1. The lowest BCUT2D eigenvalue weighted by Gasteiger charge is -2.22. The number of halogens is 4. The zero-order chi connectivity index (χ0) is 19.4. The molecule has 3 rings (SSSR count). The van der Waals surface area contributed by atoms with Crippen LogP contribution in [0.15, 0.2) is 48.5 Å². The third kappa shape index (κ3) is 6.45. The molecule has 2 atom stereocenters. The largest absolute Gasteiger partial charge is 0.433 e. The first kappa shape index (κ1) is 24.9. The van der Waals surface area contributed by atoms with E-state index in [2.05, 4.69) is 10.1 Å². The molecule has 5 nitrogen and oxygen atoms in total. The molecule has 0 aromatic heterocycles. The van der Waals surface area contributed by atoms with Gasteiger partial charge < -0.3 is 20.7 Å². The first-order valence-corrected chi connectivity index (χ1v) is 8.85. The third-order valence-corrected chi connectivity index (χ3v) is 4.68. The average molecular weight is 448 g/mol. The van der Waals surface area contributed by atoms with Crippen LogP contribution in [0, 0.1) is 6.92 Å². The summed E-state index contributed by atoms with van der Waals surface area (Å²) in [6.45, 7) is 0.235. The predicted molar refractivity (Wildman–Crippen MR) is 114 cm³/mol. The normalized spacial score (nSPS) is 16.6. The van der Waals surface area contributed by atoms with Crippen molar-refractivity contribution in [3.8, 4) is 5.75 Å². The van der Waals surface area contributed by atoms with Crippen molar-refractivity contribution < 1.29 is 18.3 Å². The maximum absolute atomic E-state index is 12.6. The maximum atomic E-state index is 12.6. The van der Waals surface area contributed by atoms with Crippen LogP contribution in [-0.4, -0.2) is 31.7 Å². The van der Waals surface area contributed by atoms with Crippen molar-refractivity contribution in [2.45, 2.75) is 32.0 Å². The zero-order valence-corrected chi connectivity index (χ0v) is 17.5. The van der Waals surface area contributed by atoms with E-state index >= 15 is 0 Å². The minimum absolute atomic E-state index is 0. The molecule has 9 heteroatoms. The summed E-state index contributed by atoms with van der Waals surface area (Å²) in [4.78, 5) is 14.4. The fraction of sp³-hybridized carbons (Fsp3) is 0.350. The van der Waals surface area contributed by atoms with E-state index in [0.717, 1.165) is 11.1 Å². The lowest BCUT2D eigenvalue weighted by Crippen LogP contribution is -2.42. The van der Waals surface area contributed by atoms with Crippen molar-refractivity contribution in [3.63, 3.8) is 0 Å². The smallest absolute Gasteiger partial charge is 0.387 e. The second-order valence-electron chi connectivity index (χ2n) is 6.67. The van der Waals surface area contributed by atoms with Gasteiger partial charge in [0, 0.05) is 19.1 Å². The third-order valence-electron chi connectivity index (χ3n) is 4.68. The maximum Gasteiger partial charge on any atom is 0.387 e. The highest BCUT2D eigenvalue weighted by Crippen LogP contribution is 2.31. The molecule has 0 spiro atoms. The number of para-hydroxylation sites is 2. The Hall–Kier alpha value is -2.09. The second kappa shape index (κ2) is 11.2. The number of ether oxygens (including phenoxy) is 1. The van der Waals surface area contributed by atoms with E-state index in [1.807, 2.05) is 36.1 Å². The van der Waals surface area contributed by atoms with Crippen molar-refractivity contribution in [2.75, 3.05) is 18.0 Å². The topological polar surface area (TPSA) is 67.6 Å². The molecule has 1 aliphatic rings.